The van der Waals surface area contributed by atoms with E-state index in [-0.39, 0.29) is 57.3 Å². The SMILES string of the molecule is CC(C)(C)C1=Cc2c(-c3cc(C(C)(C)C)cc(C(C)(C)C)c3)cccc2[CH]1[Ti+2]1([CH]2C(C(C)(C)C)=Cc3c(-c4cc(C(C)(C)C)cc(C(C)(C)C)c4)cccc32)[CH]2CCCC[CH]21.[Cl-].[Cl-]. The van der Waals surface area contributed by atoms with Crippen LogP contribution < -0.4 is 24.8 Å². The minimum Gasteiger partial charge on any atom is -1.00 e. The van der Waals surface area contributed by atoms with E-state index in [0.29, 0.717) is 8.45 Å². The predicted molar refractivity (Wildman–Crippen MR) is 265 cm³/mol. The van der Waals surface area contributed by atoms with Gasteiger partial charge in [0.1, 0.15) is 0 Å². The Labute approximate surface area is 401 Å². The van der Waals surface area contributed by atoms with Crippen LogP contribution in [-0.2, 0) is 38.2 Å². The van der Waals surface area contributed by atoms with Gasteiger partial charge >= 0.3 is 379 Å². The summed E-state index contributed by atoms with van der Waals surface area (Å²) in [6.07, 6.45) is 11.2. The second-order valence-corrected chi connectivity index (χ2v) is 33.5. The van der Waals surface area contributed by atoms with Gasteiger partial charge in [-0.25, -0.2) is 0 Å². The van der Waals surface area contributed by atoms with Crippen LogP contribution >= 0.6 is 0 Å². The Morgan fingerprint density at radius 3 is 0.968 bits per heavy atom. The second kappa shape index (κ2) is 16.5. The van der Waals surface area contributed by atoms with E-state index >= 15 is 0 Å². The van der Waals surface area contributed by atoms with E-state index in [1.165, 1.54) is 81.3 Å². The molecule has 1 saturated heterocycles. The largest absolute Gasteiger partial charge is 1.00 e. The molecule has 1 heterocycles. The molecule has 1 aliphatic heterocycles. The van der Waals surface area contributed by atoms with Crippen molar-refractivity contribution < 1.29 is 41.4 Å². The Hall–Kier alpha value is -2.35. The van der Waals surface area contributed by atoms with Gasteiger partial charge in [-0.15, -0.1) is 0 Å². The van der Waals surface area contributed by atoms with Gasteiger partial charge in [-0.1, -0.05) is 0 Å². The van der Waals surface area contributed by atoms with Crippen LogP contribution in [0.15, 0.2) is 83.9 Å². The van der Waals surface area contributed by atoms with Crippen molar-refractivity contribution in [1.82, 2.24) is 0 Å². The molecule has 1 saturated carbocycles. The molecule has 0 N–H and O–H groups in total. The molecule has 63 heavy (non-hydrogen) atoms. The number of allylic oxidation sites excluding steroid dienone is 2. The van der Waals surface area contributed by atoms with Gasteiger partial charge in [0, 0.05) is 0 Å². The summed E-state index contributed by atoms with van der Waals surface area (Å²) in [6, 6.07) is 30.1. The average Bonchev–Trinajstić information content (AvgIpc) is 3.40. The van der Waals surface area contributed by atoms with Crippen LogP contribution in [0.25, 0.3) is 34.4 Å². The fourth-order valence-electron chi connectivity index (χ4n) is 12.2. The molecule has 4 aromatic carbocycles. The van der Waals surface area contributed by atoms with Gasteiger partial charge in [0.05, 0.1) is 0 Å². The van der Waals surface area contributed by atoms with E-state index in [9.17, 15) is 0 Å². The van der Waals surface area contributed by atoms with E-state index < -0.39 is 16.6 Å². The summed E-state index contributed by atoms with van der Waals surface area (Å²) in [4.78, 5) is 0. The van der Waals surface area contributed by atoms with Crippen molar-refractivity contribution in [3.63, 3.8) is 0 Å². The zero-order valence-electron chi connectivity index (χ0n) is 42.5. The van der Waals surface area contributed by atoms with Gasteiger partial charge < -0.3 is 24.8 Å². The number of hydrogen-bond donors (Lipinski definition) is 0. The van der Waals surface area contributed by atoms with Crippen molar-refractivity contribution in [1.29, 1.82) is 0 Å². The first-order valence-electron chi connectivity index (χ1n) is 24.1. The number of fused-ring (bicyclic) bond motifs is 3. The zero-order chi connectivity index (χ0) is 44.6. The van der Waals surface area contributed by atoms with Gasteiger partial charge in [-0.2, -0.15) is 0 Å². The van der Waals surface area contributed by atoms with Gasteiger partial charge in [0.25, 0.3) is 0 Å². The Bertz CT molecular complexity index is 2210. The van der Waals surface area contributed by atoms with E-state index in [1.54, 1.807) is 22.3 Å². The molecule has 4 aliphatic rings. The third-order valence-corrected chi connectivity index (χ3v) is 26.4. The van der Waals surface area contributed by atoms with Crippen LogP contribution in [0.2, 0.25) is 8.45 Å². The Morgan fingerprint density at radius 1 is 0.397 bits per heavy atom. The van der Waals surface area contributed by atoms with Crippen LogP contribution in [0.4, 0.5) is 0 Å². The standard InChI is InChI=1S/2C27H35.C6H10.2ClH.Ti/c2*1-25(2,3)20-14-19(15-21(16-20)26(4,5)6)23-12-10-11-18-13-22(17-24(18)23)27(7,8)9;1-2-4-6-5-3-1;;;/h2*10-17H,1-9H3;1-2H,3-6H2;2*1H;/q;;;;;+2/p-2. The summed E-state index contributed by atoms with van der Waals surface area (Å²) in [5, 5.41) is 0. The smallest absolute Gasteiger partial charge is 1.00 e. The zero-order valence-corrected chi connectivity index (χ0v) is 45.6. The van der Waals surface area contributed by atoms with Crippen molar-refractivity contribution in [2.45, 2.75) is 189 Å². The molecule has 0 radical (unpaired) electrons. The molecule has 3 aliphatic carbocycles. The van der Waals surface area contributed by atoms with Crippen LogP contribution in [-0.4, -0.2) is 0 Å². The molecule has 8 rings (SSSR count). The number of halogens is 2. The van der Waals surface area contributed by atoms with Crippen molar-refractivity contribution in [3.8, 4) is 22.3 Å². The van der Waals surface area contributed by atoms with Crippen molar-refractivity contribution >= 4 is 12.2 Å². The fourth-order valence-corrected chi connectivity index (χ4v) is 27.0. The Morgan fingerprint density at radius 2 is 0.698 bits per heavy atom. The maximum absolute atomic E-state index is 2.98. The van der Waals surface area contributed by atoms with Crippen LogP contribution in [0.3, 0.4) is 0 Å². The van der Waals surface area contributed by atoms with Crippen LogP contribution in [0.5, 0.6) is 0 Å². The van der Waals surface area contributed by atoms with Crippen LogP contribution in [0.1, 0.15) is 203 Å². The molecule has 0 nitrogen and oxygen atoms in total. The average molecular weight is 920 g/mol. The molecule has 3 heteroatoms. The molecular weight excluding hydrogens is 839 g/mol. The second-order valence-electron chi connectivity index (χ2n) is 26.3. The maximum atomic E-state index is 2.76. The summed E-state index contributed by atoms with van der Waals surface area (Å²) in [6.45, 7) is 43.8. The first-order chi connectivity index (χ1) is 28.0. The Kier molecular flexibility index (Phi) is 13.1. The summed E-state index contributed by atoms with van der Waals surface area (Å²) < 4.78 is 2.91. The molecule has 0 amide bonds. The monoisotopic (exact) mass is 919 g/mol. The van der Waals surface area contributed by atoms with E-state index in [1.807, 2.05) is 0 Å². The van der Waals surface area contributed by atoms with E-state index in [2.05, 4.69) is 210 Å². The third-order valence-electron chi connectivity index (χ3n) is 15.7. The minimum absolute atomic E-state index is 0. The van der Waals surface area contributed by atoms with Gasteiger partial charge in [-0.3, -0.25) is 0 Å². The van der Waals surface area contributed by atoms with Crippen molar-refractivity contribution in [2.75, 3.05) is 0 Å². The molecule has 0 aromatic heterocycles. The Balaban J connectivity index is 0.00000330. The topological polar surface area (TPSA) is 0 Å². The van der Waals surface area contributed by atoms with Gasteiger partial charge in [-0.05, 0) is 0 Å². The fraction of sp³-hybridized carbons (Fsp3) is 0.533. The number of rotatable bonds is 4. The first-order valence-corrected chi connectivity index (χ1v) is 27.7. The molecule has 2 fully saturated rings. The van der Waals surface area contributed by atoms with Crippen LogP contribution in [0, 0.1) is 10.8 Å². The van der Waals surface area contributed by atoms with Crippen molar-refractivity contribution in [2.24, 2.45) is 10.8 Å². The summed E-state index contributed by atoms with van der Waals surface area (Å²) in [7, 11) is 0. The molecular formula is C60H80Cl2Ti. The van der Waals surface area contributed by atoms with E-state index in [4.69, 9.17) is 0 Å². The third kappa shape index (κ3) is 8.74. The van der Waals surface area contributed by atoms with Gasteiger partial charge in [0.2, 0.25) is 0 Å². The molecule has 4 atom stereocenters. The summed E-state index contributed by atoms with van der Waals surface area (Å²) in [5.41, 5.74) is 21.7. The maximum Gasteiger partial charge on any atom is -1.00 e. The first kappa shape index (κ1) is 50.1. The summed E-state index contributed by atoms with van der Waals surface area (Å²) in [5.74, 6) is 0. The normalized spacial score (nSPS) is 22.4. The molecule has 4 aromatic rings. The van der Waals surface area contributed by atoms with Crippen molar-refractivity contribution in [3.05, 3.63) is 128 Å². The number of benzene rings is 4. The summed E-state index contributed by atoms with van der Waals surface area (Å²) >= 11 is -2.98. The minimum atomic E-state index is -2.98. The molecule has 0 bridgehead atoms. The predicted octanol–water partition coefficient (Wildman–Crippen LogP) is 12.2. The van der Waals surface area contributed by atoms with Gasteiger partial charge in [0.15, 0.2) is 0 Å². The quantitative estimate of drug-likeness (QED) is 0.179. The molecule has 338 valence electrons. The number of hydrogen-bond acceptors (Lipinski definition) is 0. The molecule has 4 unspecified atom stereocenters. The molecule has 0 spiro atoms. The van der Waals surface area contributed by atoms with E-state index in [0.717, 1.165) is 8.45 Å².